The summed E-state index contributed by atoms with van der Waals surface area (Å²) in [6.07, 6.45) is 4.27. The maximum Gasteiger partial charge on any atom is 0.345 e. The first-order chi connectivity index (χ1) is 19.7. The highest BCUT2D eigenvalue weighted by molar-refractivity contribution is 7.92. The maximum atomic E-state index is 13.2. The smallest absolute Gasteiger partial charge is 0.345 e. The third-order valence-electron chi connectivity index (χ3n) is 5.49. The number of aromatic nitrogens is 1. The number of ether oxygens (including phenoxy) is 3. The third-order valence-corrected chi connectivity index (χ3v) is 6.92. The zero-order valence-electron chi connectivity index (χ0n) is 21.7. The molecule has 210 valence electrons. The molecule has 0 saturated heterocycles. The Labute approximate surface area is 234 Å². The first-order valence-corrected chi connectivity index (χ1v) is 13.2. The Morgan fingerprint density at radius 2 is 1.78 bits per heavy atom. The quantitative estimate of drug-likeness (QED) is 0.0851. The van der Waals surface area contributed by atoms with Crippen LogP contribution in [-0.4, -0.2) is 44.7 Å². The molecule has 0 amide bonds. The Balaban J connectivity index is 1.55. The minimum absolute atomic E-state index is 0.0122. The van der Waals surface area contributed by atoms with Crippen LogP contribution in [0.15, 0.2) is 95.2 Å². The van der Waals surface area contributed by atoms with Crippen LogP contribution < -0.4 is 24.4 Å². The number of hydrazone groups is 1. The van der Waals surface area contributed by atoms with Crippen LogP contribution in [0.2, 0.25) is 0 Å². The fourth-order valence-electron chi connectivity index (χ4n) is 3.48. The average Bonchev–Trinajstić information content (AvgIpc) is 2.98. The summed E-state index contributed by atoms with van der Waals surface area (Å²) in [4.78, 5) is 26.5. The number of nitrogens with one attached hydrogen (secondary N) is 2. The minimum Gasteiger partial charge on any atom is -0.497 e. The van der Waals surface area contributed by atoms with Gasteiger partial charge in [-0.25, -0.2) is 13.2 Å². The number of anilines is 2. The lowest BCUT2D eigenvalue weighted by atomic mass is 10.2. The van der Waals surface area contributed by atoms with Crippen molar-refractivity contribution in [1.82, 2.24) is 4.98 Å². The van der Waals surface area contributed by atoms with Crippen molar-refractivity contribution < 1.29 is 32.3 Å². The molecule has 0 fully saturated rings. The van der Waals surface area contributed by atoms with E-state index in [9.17, 15) is 23.3 Å². The molecule has 1 aromatic heterocycles. The number of esters is 1. The SMILES string of the molecule is COc1ccc(NS(=O)(=O)c2cc([N+](=O)[O-])ccc2NN=Cc2ccc(OC(=O)c3cccnc3)c(OC)c2)cc1. The van der Waals surface area contributed by atoms with Crippen molar-refractivity contribution in [2.24, 2.45) is 5.10 Å². The highest BCUT2D eigenvalue weighted by Crippen LogP contribution is 2.30. The zero-order chi connectivity index (χ0) is 29.4. The minimum atomic E-state index is -4.27. The van der Waals surface area contributed by atoms with E-state index in [1.54, 1.807) is 36.4 Å². The third kappa shape index (κ3) is 7.13. The van der Waals surface area contributed by atoms with Crippen LogP contribution in [-0.2, 0) is 10.0 Å². The fraction of sp³-hybridized carbons (Fsp3) is 0.0741. The topological polar surface area (TPSA) is 171 Å². The number of nitro benzene ring substituents is 1. The van der Waals surface area contributed by atoms with Crippen LogP contribution in [0.3, 0.4) is 0 Å². The van der Waals surface area contributed by atoms with E-state index >= 15 is 0 Å². The van der Waals surface area contributed by atoms with E-state index in [1.165, 1.54) is 57.1 Å². The summed E-state index contributed by atoms with van der Waals surface area (Å²) in [6, 6.07) is 17.3. The number of hydrogen-bond donors (Lipinski definition) is 2. The van der Waals surface area contributed by atoms with Gasteiger partial charge in [0, 0.05) is 30.2 Å². The van der Waals surface area contributed by atoms with Gasteiger partial charge in [0.25, 0.3) is 15.7 Å². The van der Waals surface area contributed by atoms with Crippen LogP contribution in [0.1, 0.15) is 15.9 Å². The Morgan fingerprint density at radius 1 is 1.00 bits per heavy atom. The molecule has 0 saturated carbocycles. The van der Waals surface area contributed by atoms with Crippen molar-refractivity contribution in [1.29, 1.82) is 0 Å². The fourth-order valence-corrected chi connectivity index (χ4v) is 4.71. The summed E-state index contributed by atoms with van der Waals surface area (Å²) < 4.78 is 44.5. The number of rotatable bonds is 11. The van der Waals surface area contributed by atoms with E-state index in [0.29, 0.717) is 11.3 Å². The van der Waals surface area contributed by atoms with Gasteiger partial charge in [0.15, 0.2) is 11.5 Å². The number of benzene rings is 3. The summed E-state index contributed by atoms with van der Waals surface area (Å²) in [6.45, 7) is 0. The lowest BCUT2D eigenvalue weighted by molar-refractivity contribution is -0.385. The molecular weight excluding hydrogens is 554 g/mol. The van der Waals surface area contributed by atoms with Gasteiger partial charge in [-0.15, -0.1) is 0 Å². The predicted octanol–water partition coefficient (Wildman–Crippen LogP) is 4.47. The van der Waals surface area contributed by atoms with Crippen molar-refractivity contribution in [2.75, 3.05) is 24.4 Å². The molecule has 0 bridgehead atoms. The largest absolute Gasteiger partial charge is 0.497 e. The molecule has 0 aliphatic rings. The van der Waals surface area contributed by atoms with Gasteiger partial charge < -0.3 is 14.2 Å². The van der Waals surface area contributed by atoms with E-state index < -0.39 is 31.5 Å². The maximum absolute atomic E-state index is 13.2. The average molecular weight is 578 g/mol. The molecule has 1 heterocycles. The van der Waals surface area contributed by atoms with Gasteiger partial charge in [0.05, 0.1) is 36.6 Å². The van der Waals surface area contributed by atoms with Crippen LogP contribution in [0.4, 0.5) is 17.1 Å². The van der Waals surface area contributed by atoms with Crippen molar-refractivity contribution in [2.45, 2.75) is 4.90 Å². The Kier molecular flexibility index (Phi) is 8.74. The molecule has 0 aliphatic carbocycles. The first kappa shape index (κ1) is 28.5. The molecule has 14 heteroatoms. The molecule has 0 unspecified atom stereocenters. The molecule has 0 aliphatic heterocycles. The van der Waals surface area contributed by atoms with Crippen molar-refractivity contribution in [3.05, 3.63) is 106 Å². The number of nitrogens with zero attached hydrogens (tertiary/aromatic N) is 3. The molecule has 2 N–H and O–H groups in total. The number of carbonyl (C=O) groups is 1. The van der Waals surface area contributed by atoms with Crippen LogP contribution in [0.25, 0.3) is 0 Å². The van der Waals surface area contributed by atoms with Gasteiger partial charge in [0.2, 0.25) is 0 Å². The van der Waals surface area contributed by atoms with Gasteiger partial charge in [0.1, 0.15) is 10.6 Å². The van der Waals surface area contributed by atoms with Gasteiger partial charge in [-0.3, -0.25) is 25.2 Å². The molecule has 4 aromatic rings. The van der Waals surface area contributed by atoms with E-state index in [1.807, 2.05) is 0 Å². The molecule has 0 spiro atoms. The van der Waals surface area contributed by atoms with E-state index in [2.05, 4.69) is 20.2 Å². The number of pyridine rings is 1. The standard InChI is InChI=1S/C27H23N5O8S/c1-38-22-9-6-20(7-10-22)31-41(36,37)26-15-21(32(34)35)8-11-23(26)30-29-16-18-5-12-24(25(14-18)39-2)40-27(33)19-4-3-13-28-17-19/h3-17,30-31H,1-2H3. The molecule has 0 atom stereocenters. The van der Waals surface area contributed by atoms with E-state index in [0.717, 1.165) is 12.1 Å². The van der Waals surface area contributed by atoms with Gasteiger partial charge in [-0.2, -0.15) is 5.10 Å². The van der Waals surface area contributed by atoms with Gasteiger partial charge in [-0.05, 0) is 66.2 Å². The molecule has 0 radical (unpaired) electrons. The lowest BCUT2D eigenvalue weighted by Crippen LogP contribution is -2.15. The van der Waals surface area contributed by atoms with E-state index in [4.69, 9.17) is 14.2 Å². The monoisotopic (exact) mass is 577 g/mol. The lowest BCUT2D eigenvalue weighted by Gasteiger charge is -2.12. The van der Waals surface area contributed by atoms with Crippen LogP contribution in [0, 0.1) is 10.1 Å². The number of hydrogen-bond acceptors (Lipinski definition) is 11. The van der Waals surface area contributed by atoms with Crippen molar-refractivity contribution in [3.63, 3.8) is 0 Å². The number of nitro groups is 1. The molecule has 3 aromatic carbocycles. The first-order valence-electron chi connectivity index (χ1n) is 11.7. The van der Waals surface area contributed by atoms with Gasteiger partial charge in [-0.1, -0.05) is 0 Å². The summed E-state index contributed by atoms with van der Waals surface area (Å²) in [7, 11) is -1.39. The summed E-state index contributed by atoms with van der Waals surface area (Å²) in [5.41, 5.74) is 3.19. The van der Waals surface area contributed by atoms with Crippen molar-refractivity contribution >= 4 is 39.3 Å². The van der Waals surface area contributed by atoms with Crippen LogP contribution in [0.5, 0.6) is 17.2 Å². The number of sulfonamides is 1. The molecule has 41 heavy (non-hydrogen) atoms. The highest BCUT2D eigenvalue weighted by atomic mass is 32.2. The summed E-state index contributed by atoms with van der Waals surface area (Å²) in [5, 5.41) is 15.4. The second-order valence-electron chi connectivity index (χ2n) is 8.18. The summed E-state index contributed by atoms with van der Waals surface area (Å²) in [5.74, 6) is 0.319. The number of methoxy groups -OCH3 is 2. The normalized spacial score (nSPS) is 11.1. The van der Waals surface area contributed by atoms with Gasteiger partial charge >= 0.3 is 5.97 Å². The zero-order valence-corrected chi connectivity index (χ0v) is 22.5. The second-order valence-corrected chi connectivity index (χ2v) is 9.83. The summed E-state index contributed by atoms with van der Waals surface area (Å²) >= 11 is 0. The Hall–Kier alpha value is -5.50. The van der Waals surface area contributed by atoms with E-state index in [-0.39, 0.29) is 28.4 Å². The number of non-ortho nitro benzene ring substituents is 1. The number of carbonyl (C=O) groups excluding carboxylic acids is 1. The second kappa shape index (κ2) is 12.6. The highest BCUT2D eigenvalue weighted by Gasteiger charge is 2.23. The van der Waals surface area contributed by atoms with Crippen molar-refractivity contribution in [3.8, 4) is 17.2 Å². The van der Waals surface area contributed by atoms with Crippen LogP contribution >= 0.6 is 0 Å². The molecule has 4 rings (SSSR count). The molecule has 13 nitrogen and oxygen atoms in total. The predicted molar refractivity (Wildman–Crippen MR) is 150 cm³/mol. The Bertz CT molecular complexity index is 1700. The molecular formula is C27H23N5O8S. The Morgan fingerprint density at radius 3 is 2.44 bits per heavy atom.